The summed E-state index contributed by atoms with van der Waals surface area (Å²) in [6.07, 6.45) is 1.48. The number of fused-ring (bicyclic) bond motifs is 1. The fourth-order valence-corrected chi connectivity index (χ4v) is 3.11. The van der Waals surface area contributed by atoms with E-state index >= 15 is 0 Å². The van der Waals surface area contributed by atoms with Crippen LogP contribution in [0.3, 0.4) is 0 Å². The molecule has 4 aromatic rings. The van der Waals surface area contributed by atoms with Crippen molar-refractivity contribution in [1.82, 2.24) is 15.0 Å². The molecule has 4 rings (SSSR count). The van der Waals surface area contributed by atoms with Crippen molar-refractivity contribution in [2.24, 2.45) is 0 Å². The second kappa shape index (κ2) is 8.02. The number of ether oxygens (including phenoxy) is 2. The van der Waals surface area contributed by atoms with Gasteiger partial charge in [-0.1, -0.05) is 0 Å². The second-order valence-corrected chi connectivity index (χ2v) is 7.00. The van der Waals surface area contributed by atoms with E-state index in [4.69, 9.17) is 19.0 Å². The second-order valence-electron chi connectivity index (χ2n) is 7.00. The van der Waals surface area contributed by atoms with Crippen LogP contribution >= 0.6 is 0 Å². The first-order valence-corrected chi connectivity index (χ1v) is 9.34. The van der Waals surface area contributed by atoms with Gasteiger partial charge < -0.3 is 19.0 Å². The lowest BCUT2D eigenvalue weighted by molar-refractivity contribution is -0.139. The van der Waals surface area contributed by atoms with Gasteiger partial charge in [0.15, 0.2) is 6.61 Å². The summed E-state index contributed by atoms with van der Waals surface area (Å²) in [5.41, 5.74) is 3.31. The molecule has 1 N–H and O–H groups in total. The summed E-state index contributed by atoms with van der Waals surface area (Å²) in [7, 11) is 0. The van der Waals surface area contributed by atoms with Crippen molar-refractivity contribution in [1.29, 1.82) is 0 Å². The molecule has 2 aromatic carbocycles. The van der Waals surface area contributed by atoms with Crippen molar-refractivity contribution in [3.63, 3.8) is 0 Å². The zero-order valence-corrected chi connectivity index (χ0v) is 17.0. The van der Waals surface area contributed by atoms with Crippen molar-refractivity contribution in [2.45, 2.75) is 20.8 Å². The maximum Gasteiger partial charge on any atom is 0.341 e. The summed E-state index contributed by atoms with van der Waals surface area (Å²) in [4.78, 5) is 23.5. The average molecular weight is 423 g/mol. The number of nitrogens with zero attached hydrogens (tertiary/aromatic N) is 3. The molecular formula is C22H18FN3O5. The number of oxazole rings is 1. The number of aliphatic carboxylic acids is 1. The molecule has 0 saturated heterocycles. The van der Waals surface area contributed by atoms with Crippen molar-refractivity contribution < 1.29 is 28.2 Å². The Morgan fingerprint density at radius 2 is 1.84 bits per heavy atom. The molecule has 0 amide bonds. The molecule has 0 radical (unpaired) electrons. The standard InChI is InChI=1S/C22H18FN3O5/c1-11-8-15(4-5-16(11)23)30-22-24-9-17-21(26-22)31-20(25-17)14-6-12(2)19(13(3)7-14)29-10-18(27)28/h4-9H,10H2,1-3H3,(H,27,28). The number of hydrogen-bond donors (Lipinski definition) is 1. The zero-order chi connectivity index (χ0) is 22.1. The van der Waals surface area contributed by atoms with Crippen LogP contribution in [0.4, 0.5) is 4.39 Å². The SMILES string of the molecule is Cc1cc(Oc2ncc3nc(-c4cc(C)c(OCC(=O)O)c(C)c4)oc3n2)ccc1F. The van der Waals surface area contributed by atoms with Crippen LogP contribution in [0.1, 0.15) is 16.7 Å². The van der Waals surface area contributed by atoms with Gasteiger partial charge >= 0.3 is 12.0 Å². The Morgan fingerprint density at radius 1 is 1.10 bits per heavy atom. The quantitative estimate of drug-likeness (QED) is 0.479. The highest BCUT2D eigenvalue weighted by Gasteiger charge is 2.15. The Labute approximate surface area is 176 Å². The minimum absolute atomic E-state index is 0.0472. The lowest BCUT2D eigenvalue weighted by Gasteiger charge is -2.11. The fourth-order valence-electron chi connectivity index (χ4n) is 3.11. The maximum absolute atomic E-state index is 13.4. The van der Waals surface area contributed by atoms with Crippen LogP contribution in [0, 0.1) is 26.6 Å². The molecule has 0 fully saturated rings. The molecule has 0 bridgehead atoms. The highest BCUT2D eigenvalue weighted by molar-refractivity contribution is 5.73. The average Bonchev–Trinajstić information content (AvgIpc) is 3.13. The molecule has 0 aliphatic heterocycles. The van der Waals surface area contributed by atoms with Gasteiger partial charge in [0.2, 0.25) is 5.89 Å². The van der Waals surface area contributed by atoms with E-state index in [1.807, 2.05) is 13.8 Å². The first-order valence-electron chi connectivity index (χ1n) is 9.34. The minimum atomic E-state index is -1.05. The van der Waals surface area contributed by atoms with Crippen molar-refractivity contribution >= 4 is 17.2 Å². The highest BCUT2D eigenvalue weighted by Crippen LogP contribution is 2.31. The van der Waals surface area contributed by atoms with Crippen molar-refractivity contribution in [3.8, 4) is 29.0 Å². The smallest absolute Gasteiger partial charge is 0.341 e. The van der Waals surface area contributed by atoms with Crippen LogP contribution in [0.25, 0.3) is 22.7 Å². The van der Waals surface area contributed by atoms with Crippen molar-refractivity contribution in [3.05, 3.63) is 59.0 Å². The predicted octanol–water partition coefficient (Wildman–Crippen LogP) is 4.60. The minimum Gasteiger partial charge on any atom is -0.481 e. The van der Waals surface area contributed by atoms with E-state index < -0.39 is 12.6 Å². The van der Waals surface area contributed by atoms with Gasteiger partial charge in [-0.2, -0.15) is 4.98 Å². The van der Waals surface area contributed by atoms with Gasteiger partial charge in [-0.3, -0.25) is 0 Å². The Kier molecular flexibility index (Phi) is 5.24. The molecule has 0 spiro atoms. The molecule has 2 heterocycles. The number of aromatic nitrogens is 3. The van der Waals surface area contributed by atoms with E-state index in [2.05, 4.69) is 15.0 Å². The Bertz CT molecular complexity index is 1280. The Hall–Kier alpha value is -4.01. The van der Waals surface area contributed by atoms with E-state index in [1.165, 1.54) is 18.3 Å². The number of hydrogen-bond acceptors (Lipinski definition) is 7. The van der Waals surface area contributed by atoms with Gasteiger partial charge in [0.05, 0.1) is 6.20 Å². The molecule has 0 unspecified atom stereocenters. The van der Waals surface area contributed by atoms with Gasteiger partial charge in [0.25, 0.3) is 5.71 Å². The lowest BCUT2D eigenvalue weighted by atomic mass is 10.1. The van der Waals surface area contributed by atoms with Gasteiger partial charge in [-0.15, -0.1) is 0 Å². The Morgan fingerprint density at radius 3 is 2.52 bits per heavy atom. The third-order valence-corrected chi connectivity index (χ3v) is 4.51. The highest BCUT2D eigenvalue weighted by atomic mass is 19.1. The predicted molar refractivity (Wildman–Crippen MR) is 109 cm³/mol. The van der Waals surface area contributed by atoms with Gasteiger partial charge in [0.1, 0.15) is 22.8 Å². The number of carboxylic acids is 1. The van der Waals surface area contributed by atoms with E-state index in [0.29, 0.717) is 34.0 Å². The molecule has 0 atom stereocenters. The van der Waals surface area contributed by atoms with Crippen LogP contribution in [0.15, 0.2) is 40.9 Å². The number of carboxylic acid groups (broad SMARTS) is 1. The fraction of sp³-hybridized carbons (Fsp3) is 0.182. The maximum atomic E-state index is 13.4. The molecular weight excluding hydrogens is 405 g/mol. The van der Waals surface area contributed by atoms with Crippen LogP contribution in [0.5, 0.6) is 17.5 Å². The molecule has 2 aromatic heterocycles. The third kappa shape index (κ3) is 4.30. The third-order valence-electron chi connectivity index (χ3n) is 4.51. The number of carbonyl (C=O) groups is 1. The van der Waals surface area contributed by atoms with Crippen LogP contribution in [0.2, 0.25) is 0 Å². The first kappa shape index (κ1) is 20.3. The molecule has 9 heteroatoms. The number of benzene rings is 2. The monoisotopic (exact) mass is 423 g/mol. The summed E-state index contributed by atoms with van der Waals surface area (Å²) in [6, 6.07) is 7.98. The molecule has 31 heavy (non-hydrogen) atoms. The molecule has 0 saturated carbocycles. The van der Waals surface area contributed by atoms with Crippen LogP contribution < -0.4 is 9.47 Å². The van der Waals surface area contributed by atoms with Crippen LogP contribution in [-0.4, -0.2) is 32.6 Å². The molecule has 0 aliphatic carbocycles. The van der Waals surface area contributed by atoms with E-state index in [9.17, 15) is 9.18 Å². The van der Waals surface area contributed by atoms with E-state index in [0.717, 1.165) is 11.1 Å². The normalized spacial score (nSPS) is 11.0. The molecule has 0 aliphatic rings. The number of aryl methyl sites for hydroxylation is 3. The Balaban J connectivity index is 1.62. The largest absolute Gasteiger partial charge is 0.481 e. The summed E-state index contributed by atoms with van der Waals surface area (Å²) >= 11 is 0. The van der Waals surface area contributed by atoms with Gasteiger partial charge in [-0.25, -0.2) is 19.2 Å². The summed E-state index contributed by atoms with van der Waals surface area (Å²) in [5.74, 6) is -0.133. The summed E-state index contributed by atoms with van der Waals surface area (Å²) in [5, 5.41) is 8.82. The summed E-state index contributed by atoms with van der Waals surface area (Å²) in [6.45, 7) is 4.84. The topological polar surface area (TPSA) is 108 Å². The van der Waals surface area contributed by atoms with Crippen LogP contribution in [-0.2, 0) is 4.79 Å². The zero-order valence-electron chi connectivity index (χ0n) is 17.0. The number of rotatable bonds is 6. The number of halogens is 1. The summed E-state index contributed by atoms with van der Waals surface area (Å²) < 4.78 is 30.2. The molecule has 8 nitrogen and oxygen atoms in total. The van der Waals surface area contributed by atoms with Crippen molar-refractivity contribution in [2.75, 3.05) is 6.61 Å². The molecule has 158 valence electrons. The lowest BCUT2D eigenvalue weighted by Crippen LogP contribution is -2.10. The van der Waals surface area contributed by atoms with Gasteiger partial charge in [-0.05, 0) is 67.8 Å². The van der Waals surface area contributed by atoms with E-state index in [1.54, 1.807) is 25.1 Å². The van der Waals surface area contributed by atoms with Gasteiger partial charge in [0, 0.05) is 5.56 Å². The first-order chi connectivity index (χ1) is 14.8. The van der Waals surface area contributed by atoms with E-state index in [-0.39, 0.29) is 17.5 Å².